The summed E-state index contributed by atoms with van der Waals surface area (Å²) in [5.41, 5.74) is 4.15. The van der Waals surface area contributed by atoms with E-state index in [1.165, 1.54) is 23.8 Å². The molecular formula is C19H15N3O2S. The number of aromatic nitrogens is 2. The third-order valence-electron chi connectivity index (χ3n) is 3.93. The molecule has 0 aliphatic heterocycles. The van der Waals surface area contributed by atoms with Crippen molar-refractivity contribution in [2.24, 2.45) is 0 Å². The van der Waals surface area contributed by atoms with E-state index in [9.17, 15) is 9.59 Å². The highest BCUT2D eigenvalue weighted by Crippen LogP contribution is 2.20. The fourth-order valence-electron chi connectivity index (χ4n) is 2.76. The van der Waals surface area contributed by atoms with Gasteiger partial charge in [-0.2, -0.15) is 0 Å². The first-order valence-electron chi connectivity index (χ1n) is 7.82. The van der Waals surface area contributed by atoms with Crippen molar-refractivity contribution in [1.82, 2.24) is 9.38 Å². The van der Waals surface area contributed by atoms with Crippen LogP contribution in [0.15, 0.2) is 47.3 Å². The Bertz CT molecular complexity index is 1220. The quantitative estimate of drug-likeness (QED) is 0.605. The normalized spacial score (nSPS) is 12.2. The van der Waals surface area contributed by atoms with Gasteiger partial charge in [-0.3, -0.25) is 9.59 Å². The molecule has 0 saturated carbocycles. The van der Waals surface area contributed by atoms with Gasteiger partial charge in [0.2, 0.25) is 5.91 Å². The van der Waals surface area contributed by atoms with Crippen LogP contribution >= 0.6 is 11.3 Å². The number of rotatable bonds is 2. The molecule has 0 bridgehead atoms. The fourth-order valence-corrected chi connectivity index (χ4v) is 3.74. The number of aryl methyl sites for hydroxylation is 1. The van der Waals surface area contributed by atoms with Crippen LogP contribution in [0.4, 0.5) is 5.69 Å². The van der Waals surface area contributed by atoms with Gasteiger partial charge in [-0.05, 0) is 36.8 Å². The Hall–Kier alpha value is -2.99. The summed E-state index contributed by atoms with van der Waals surface area (Å²) in [4.78, 5) is 29.2. The van der Waals surface area contributed by atoms with Crippen LogP contribution < -0.4 is 15.4 Å². The van der Waals surface area contributed by atoms with E-state index in [0.29, 0.717) is 20.7 Å². The van der Waals surface area contributed by atoms with Crippen molar-refractivity contribution in [1.29, 1.82) is 0 Å². The molecule has 0 saturated heterocycles. The topological polar surface area (TPSA) is 63.5 Å². The molecule has 0 aliphatic carbocycles. The number of carbonyl (C=O) groups excluding carboxylic acids is 1. The highest BCUT2D eigenvalue weighted by molar-refractivity contribution is 7.15. The van der Waals surface area contributed by atoms with E-state index in [1.54, 1.807) is 16.5 Å². The molecule has 0 radical (unpaired) electrons. The second-order valence-electron chi connectivity index (χ2n) is 5.94. The summed E-state index contributed by atoms with van der Waals surface area (Å²) in [5, 5.41) is 2.74. The second-order valence-corrected chi connectivity index (χ2v) is 6.95. The smallest absolute Gasteiger partial charge is 0.274 e. The maximum absolute atomic E-state index is 12.8. The molecule has 0 spiro atoms. The van der Waals surface area contributed by atoms with Crippen LogP contribution in [0, 0.1) is 6.92 Å². The van der Waals surface area contributed by atoms with E-state index >= 15 is 0 Å². The van der Waals surface area contributed by atoms with Gasteiger partial charge in [0.1, 0.15) is 0 Å². The van der Waals surface area contributed by atoms with Crippen molar-refractivity contribution in [2.45, 2.75) is 13.8 Å². The van der Waals surface area contributed by atoms with Crippen LogP contribution in [0.25, 0.3) is 22.1 Å². The molecule has 2 heterocycles. The molecule has 2 aromatic heterocycles. The minimum atomic E-state index is -0.152. The minimum Gasteiger partial charge on any atom is -0.326 e. The van der Waals surface area contributed by atoms with Crippen LogP contribution in [0.5, 0.6) is 0 Å². The molecule has 1 N–H and O–H groups in total. The Morgan fingerprint density at radius 2 is 1.96 bits per heavy atom. The molecule has 0 unspecified atom stereocenters. The monoisotopic (exact) mass is 349 g/mol. The number of benzene rings is 2. The van der Waals surface area contributed by atoms with Crippen molar-refractivity contribution < 1.29 is 4.79 Å². The predicted octanol–water partition coefficient (Wildman–Crippen LogP) is 2.72. The van der Waals surface area contributed by atoms with E-state index in [4.69, 9.17) is 0 Å². The van der Waals surface area contributed by atoms with Gasteiger partial charge in [0.05, 0.1) is 15.6 Å². The molecule has 124 valence electrons. The summed E-state index contributed by atoms with van der Waals surface area (Å²) >= 11 is 1.36. The summed E-state index contributed by atoms with van der Waals surface area (Å²) in [6.45, 7) is 3.48. The van der Waals surface area contributed by atoms with E-state index < -0.39 is 0 Å². The molecule has 4 aromatic rings. The number of thiazole rings is 1. The van der Waals surface area contributed by atoms with Crippen LogP contribution in [-0.2, 0) is 4.79 Å². The van der Waals surface area contributed by atoms with Crippen molar-refractivity contribution >= 4 is 45.0 Å². The predicted molar refractivity (Wildman–Crippen MR) is 101 cm³/mol. The molecule has 2 aromatic carbocycles. The molecule has 4 rings (SSSR count). The van der Waals surface area contributed by atoms with Gasteiger partial charge in [0, 0.05) is 12.6 Å². The van der Waals surface area contributed by atoms with Crippen LogP contribution in [0.2, 0.25) is 0 Å². The van der Waals surface area contributed by atoms with E-state index in [1.807, 2.05) is 43.3 Å². The number of hydrogen-bond donors (Lipinski definition) is 1. The number of imidazole rings is 1. The SMILES string of the molecule is CC(=O)Nc1ccc2nc3s/c(=C\c4ccc(C)cc4)c(=O)n3c2c1. The molecular weight excluding hydrogens is 334 g/mol. The zero-order valence-electron chi connectivity index (χ0n) is 13.7. The van der Waals surface area contributed by atoms with Gasteiger partial charge in [0.15, 0.2) is 4.96 Å². The third kappa shape index (κ3) is 2.81. The number of fused-ring (bicyclic) bond motifs is 3. The lowest BCUT2D eigenvalue weighted by Crippen LogP contribution is -2.22. The highest BCUT2D eigenvalue weighted by atomic mass is 32.1. The molecule has 1 amide bonds. The first kappa shape index (κ1) is 15.5. The number of hydrogen-bond acceptors (Lipinski definition) is 4. The lowest BCUT2D eigenvalue weighted by Gasteiger charge is -2.00. The van der Waals surface area contributed by atoms with Crippen LogP contribution in [0.1, 0.15) is 18.1 Å². The molecule has 0 atom stereocenters. The Labute approximate surface area is 147 Å². The summed E-state index contributed by atoms with van der Waals surface area (Å²) in [7, 11) is 0. The number of anilines is 1. The summed E-state index contributed by atoms with van der Waals surface area (Å²) < 4.78 is 2.24. The first-order valence-corrected chi connectivity index (χ1v) is 8.64. The fraction of sp³-hybridized carbons (Fsp3) is 0.105. The Morgan fingerprint density at radius 3 is 2.68 bits per heavy atom. The molecule has 5 nitrogen and oxygen atoms in total. The van der Waals surface area contributed by atoms with Crippen molar-refractivity contribution in [3.63, 3.8) is 0 Å². The maximum atomic E-state index is 12.8. The summed E-state index contributed by atoms with van der Waals surface area (Å²) in [5.74, 6) is -0.152. The van der Waals surface area contributed by atoms with Crippen molar-refractivity contribution in [3.8, 4) is 0 Å². The van der Waals surface area contributed by atoms with Gasteiger partial charge in [-0.1, -0.05) is 41.2 Å². The van der Waals surface area contributed by atoms with Crippen molar-refractivity contribution in [2.75, 3.05) is 5.32 Å². The van der Waals surface area contributed by atoms with Gasteiger partial charge < -0.3 is 5.32 Å². The molecule has 25 heavy (non-hydrogen) atoms. The lowest BCUT2D eigenvalue weighted by molar-refractivity contribution is -0.114. The highest BCUT2D eigenvalue weighted by Gasteiger charge is 2.12. The van der Waals surface area contributed by atoms with Gasteiger partial charge in [-0.15, -0.1) is 0 Å². The van der Waals surface area contributed by atoms with Gasteiger partial charge >= 0.3 is 0 Å². The van der Waals surface area contributed by atoms with E-state index in [2.05, 4.69) is 10.3 Å². The zero-order chi connectivity index (χ0) is 17.6. The lowest BCUT2D eigenvalue weighted by atomic mass is 10.1. The number of nitrogens with one attached hydrogen (secondary N) is 1. The average molecular weight is 349 g/mol. The zero-order valence-corrected chi connectivity index (χ0v) is 14.6. The van der Waals surface area contributed by atoms with E-state index in [-0.39, 0.29) is 11.5 Å². The van der Waals surface area contributed by atoms with Crippen LogP contribution in [-0.4, -0.2) is 15.3 Å². The number of amides is 1. The van der Waals surface area contributed by atoms with Crippen LogP contribution in [0.3, 0.4) is 0 Å². The van der Waals surface area contributed by atoms with Crippen molar-refractivity contribution in [3.05, 3.63) is 68.5 Å². The Balaban J connectivity index is 1.91. The average Bonchev–Trinajstić information content (AvgIpc) is 3.06. The largest absolute Gasteiger partial charge is 0.326 e. The first-order chi connectivity index (χ1) is 12.0. The molecule has 0 aliphatic rings. The number of nitrogens with zero attached hydrogens (tertiary/aromatic N) is 2. The standard InChI is InChI=1S/C19H15N3O2S/c1-11-3-5-13(6-4-11)9-17-18(24)22-16-10-14(20-12(2)23)7-8-15(16)21-19(22)25-17/h3-10H,1-2H3,(H,20,23)/b17-9-. The summed E-state index contributed by atoms with van der Waals surface area (Å²) in [6.07, 6.45) is 1.88. The van der Waals surface area contributed by atoms with Gasteiger partial charge in [0.25, 0.3) is 5.56 Å². The molecule has 0 fully saturated rings. The Kier molecular flexibility index (Phi) is 3.62. The Morgan fingerprint density at radius 1 is 1.20 bits per heavy atom. The molecule has 6 heteroatoms. The van der Waals surface area contributed by atoms with Gasteiger partial charge in [-0.25, -0.2) is 9.38 Å². The minimum absolute atomic E-state index is 0.0944. The number of carbonyl (C=O) groups is 1. The van der Waals surface area contributed by atoms with E-state index in [0.717, 1.165) is 11.1 Å². The second kappa shape index (κ2) is 5.82. The summed E-state index contributed by atoms with van der Waals surface area (Å²) in [6, 6.07) is 13.4. The third-order valence-corrected chi connectivity index (χ3v) is 4.90. The maximum Gasteiger partial charge on any atom is 0.274 e.